The van der Waals surface area contributed by atoms with Gasteiger partial charge in [-0.1, -0.05) is 12.8 Å². The van der Waals surface area contributed by atoms with Gasteiger partial charge >= 0.3 is 0 Å². The quantitative estimate of drug-likeness (QED) is 0.524. The van der Waals surface area contributed by atoms with Gasteiger partial charge in [-0.3, -0.25) is 9.69 Å². The number of aryl methyl sites for hydroxylation is 1. The number of nitrogens with zero attached hydrogens (tertiary/aromatic N) is 6. The fourth-order valence-corrected chi connectivity index (χ4v) is 5.55. The molecule has 2 fully saturated rings. The number of carbonyl (C=O) groups excluding carboxylic acids is 1. The van der Waals surface area contributed by atoms with Crippen LogP contribution in [0.4, 0.5) is 10.9 Å². The predicted molar refractivity (Wildman–Crippen MR) is 133 cm³/mol. The van der Waals surface area contributed by atoms with Crippen LogP contribution in [0, 0.1) is 18.3 Å². The Labute approximate surface area is 205 Å². The van der Waals surface area contributed by atoms with Crippen LogP contribution in [0.2, 0.25) is 0 Å². The lowest BCUT2D eigenvalue weighted by Crippen LogP contribution is -2.37. The Morgan fingerprint density at radius 2 is 2.09 bits per heavy atom. The van der Waals surface area contributed by atoms with Gasteiger partial charge in [-0.15, -0.1) is 11.3 Å². The predicted octanol–water partition coefficient (Wildman–Crippen LogP) is 3.29. The standard InChI is InChI=1S/C24H34N8OS/c1-17-14-21(29-22(27-17)18-6-5-11-32(15-18)12-9-25)30-24-28-20(16-34-24)23(33)26-10-13-31(2)19-7-3-4-8-19/h14,16,18-19H,3-8,10-13,15H2,1-2H3,(H,26,33)(H,27,28,29,30)/t18-/m0/s1. The summed E-state index contributed by atoms with van der Waals surface area (Å²) in [6.45, 7) is 5.60. The minimum absolute atomic E-state index is 0.150. The molecule has 0 spiro atoms. The van der Waals surface area contributed by atoms with Crippen molar-refractivity contribution in [3.63, 3.8) is 0 Å². The number of nitriles is 1. The molecule has 182 valence electrons. The number of nitrogens with one attached hydrogen (secondary N) is 2. The van der Waals surface area contributed by atoms with Crippen LogP contribution in [0.3, 0.4) is 0 Å². The Balaban J connectivity index is 1.32. The third-order valence-electron chi connectivity index (χ3n) is 6.71. The van der Waals surface area contributed by atoms with Crippen LogP contribution >= 0.6 is 11.3 Å². The van der Waals surface area contributed by atoms with E-state index in [1.165, 1.54) is 37.0 Å². The van der Waals surface area contributed by atoms with Gasteiger partial charge in [0.1, 0.15) is 17.3 Å². The third kappa shape index (κ3) is 6.50. The van der Waals surface area contributed by atoms with Crippen LogP contribution in [-0.2, 0) is 0 Å². The number of piperidine rings is 1. The van der Waals surface area contributed by atoms with E-state index in [-0.39, 0.29) is 11.8 Å². The molecule has 0 aromatic carbocycles. The van der Waals surface area contributed by atoms with Gasteiger partial charge in [0, 0.05) is 48.7 Å². The van der Waals surface area contributed by atoms with E-state index in [9.17, 15) is 4.79 Å². The molecule has 1 amide bonds. The zero-order chi connectivity index (χ0) is 23.9. The Kier molecular flexibility index (Phi) is 8.43. The summed E-state index contributed by atoms with van der Waals surface area (Å²) in [5, 5.41) is 17.7. The highest BCUT2D eigenvalue weighted by atomic mass is 32.1. The maximum atomic E-state index is 12.5. The number of rotatable bonds is 9. The lowest BCUT2D eigenvalue weighted by Gasteiger charge is -2.30. The van der Waals surface area contributed by atoms with Gasteiger partial charge in [0.05, 0.1) is 12.6 Å². The van der Waals surface area contributed by atoms with Crippen molar-refractivity contribution in [1.82, 2.24) is 30.1 Å². The van der Waals surface area contributed by atoms with Crippen molar-refractivity contribution in [2.75, 3.05) is 45.1 Å². The largest absolute Gasteiger partial charge is 0.349 e. The summed E-state index contributed by atoms with van der Waals surface area (Å²) in [6.07, 6.45) is 7.19. The summed E-state index contributed by atoms with van der Waals surface area (Å²) in [7, 11) is 2.14. The highest BCUT2D eigenvalue weighted by Crippen LogP contribution is 2.27. The number of anilines is 2. The summed E-state index contributed by atoms with van der Waals surface area (Å²) in [4.78, 5) is 30.9. The van der Waals surface area contributed by atoms with Crippen molar-refractivity contribution in [1.29, 1.82) is 5.26 Å². The normalized spacial score (nSPS) is 19.3. The zero-order valence-corrected chi connectivity index (χ0v) is 20.9. The van der Waals surface area contributed by atoms with E-state index in [0.29, 0.717) is 35.8 Å². The van der Waals surface area contributed by atoms with Gasteiger partial charge in [0.15, 0.2) is 5.13 Å². The number of amides is 1. The molecule has 1 aliphatic carbocycles. The SMILES string of the molecule is Cc1cc(Nc2nc(C(=O)NCCN(C)C3CCCC3)cs2)nc([C@H]2CCCN(CC#N)C2)n1. The number of carbonyl (C=O) groups is 1. The van der Waals surface area contributed by atoms with E-state index in [1.807, 2.05) is 13.0 Å². The molecule has 34 heavy (non-hydrogen) atoms. The summed E-state index contributed by atoms with van der Waals surface area (Å²) >= 11 is 1.39. The van der Waals surface area contributed by atoms with Gasteiger partial charge in [-0.25, -0.2) is 15.0 Å². The Morgan fingerprint density at radius 3 is 2.88 bits per heavy atom. The Bertz CT molecular complexity index is 1010. The van der Waals surface area contributed by atoms with Crippen molar-refractivity contribution >= 4 is 28.2 Å². The number of hydrogen-bond donors (Lipinski definition) is 2. The molecule has 4 rings (SSSR count). The molecule has 1 saturated carbocycles. The number of hydrogen-bond acceptors (Lipinski definition) is 9. The van der Waals surface area contributed by atoms with Crippen molar-refractivity contribution in [2.24, 2.45) is 0 Å². The fourth-order valence-electron chi connectivity index (χ4n) is 4.86. The molecule has 0 radical (unpaired) electrons. The lowest BCUT2D eigenvalue weighted by molar-refractivity contribution is 0.0943. The first-order valence-corrected chi connectivity index (χ1v) is 13.1. The zero-order valence-electron chi connectivity index (χ0n) is 20.1. The van der Waals surface area contributed by atoms with Crippen LogP contribution in [-0.4, -0.2) is 76.5 Å². The van der Waals surface area contributed by atoms with Crippen LogP contribution < -0.4 is 10.6 Å². The molecule has 10 heteroatoms. The van der Waals surface area contributed by atoms with E-state index in [2.05, 4.69) is 43.5 Å². The van der Waals surface area contributed by atoms with Crippen molar-refractivity contribution in [2.45, 2.75) is 57.4 Å². The minimum atomic E-state index is -0.150. The maximum Gasteiger partial charge on any atom is 0.270 e. The molecule has 2 aromatic rings. The molecule has 2 aliphatic rings. The second kappa shape index (κ2) is 11.7. The number of likely N-dealkylation sites (tertiary alicyclic amines) is 1. The van der Waals surface area contributed by atoms with Crippen LogP contribution in [0.25, 0.3) is 0 Å². The average Bonchev–Trinajstić information content (AvgIpc) is 3.52. The molecule has 1 atom stereocenters. The Morgan fingerprint density at radius 1 is 1.26 bits per heavy atom. The topological polar surface area (TPSA) is 110 Å². The van der Waals surface area contributed by atoms with Crippen molar-refractivity contribution in [3.8, 4) is 6.07 Å². The first kappa shape index (κ1) is 24.5. The molecule has 1 aliphatic heterocycles. The summed E-state index contributed by atoms with van der Waals surface area (Å²) in [5.41, 5.74) is 1.30. The van der Waals surface area contributed by atoms with E-state index in [1.54, 1.807) is 5.38 Å². The summed E-state index contributed by atoms with van der Waals surface area (Å²) in [5.74, 6) is 1.54. The first-order chi connectivity index (χ1) is 16.5. The number of aromatic nitrogens is 3. The molecule has 1 saturated heterocycles. The lowest BCUT2D eigenvalue weighted by atomic mass is 9.97. The maximum absolute atomic E-state index is 12.5. The van der Waals surface area contributed by atoms with Gasteiger partial charge in [0.2, 0.25) is 0 Å². The molecule has 2 N–H and O–H groups in total. The Hall–Kier alpha value is -2.61. The van der Waals surface area contributed by atoms with Crippen LogP contribution in [0.5, 0.6) is 0 Å². The van der Waals surface area contributed by atoms with Gasteiger partial charge in [0.25, 0.3) is 5.91 Å². The molecule has 0 unspecified atom stereocenters. The van der Waals surface area contributed by atoms with E-state index in [4.69, 9.17) is 10.2 Å². The monoisotopic (exact) mass is 482 g/mol. The van der Waals surface area contributed by atoms with Crippen molar-refractivity contribution < 1.29 is 4.79 Å². The number of likely N-dealkylation sites (N-methyl/N-ethyl adjacent to an activating group) is 1. The minimum Gasteiger partial charge on any atom is -0.349 e. The van der Waals surface area contributed by atoms with Gasteiger partial charge < -0.3 is 15.5 Å². The second-order valence-corrected chi connectivity index (χ2v) is 10.2. The smallest absolute Gasteiger partial charge is 0.270 e. The average molecular weight is 483 g/mol. The fraction of sp³-hybridized carbons (Fsp3) is 0.625. The summed E-state index contributed by atoms with van der Waals surface area (Å²) in [6, 6.07) is 4.78. The van der Waals surface area contributed by atoms with E-state index < -0.39 is 0 Å². The molecule has 0 bridgehead atoms. The highest BCUT2D eigenvalue weighted by Gasteiger charge is 2.24. The second-order valence-electron chi connectivity index (χ2n) is 9.32. The molecular weight excluding hydrogens is 448 g/mol. The van der Waals surface area contributed by atoms with E-state index in [0.717, 1.165) is 44.0 Å². The molecule has 9 nitrogen and oxygen atoms in total. The molecular formula is C24H34N8OS. The van der Waals surface area contributed by atoms with Crippen LogP contribution in [0.15, 0.2) is 11.4 Å². The number of thiazole rings is 1. The van der Waals surface area contributed by atoms with E-state index >= 15 is 0 Å². The van der Waals surface area contributed by atoms with Gasteiger partial charge in [-0.2, -0.15) is 5.26 Å². The molecule has 2 aromatic heterocycles. The molecule has 3 heterocycles. The van der Waals surface area contributed by atoms with Crippen LogP contribution in [0.1, 0.15) is 66.4 Å². The first-order valence-electron chi connectivity index (χ1n) is 12.2. The highest BCUT2D eigenvalue weighted by molar-refractivity contribution is 7.14. The summed E-state index contributed by atoms with van der Waals surface area (Å²) < 4.78 is 0. The third-order valence-corrected chi connectivity index (χ3v) is 7.46. The van der Waals surface area contributed by atoms with Gasteiger partial charge in [-0.05, 0) is 46.2 Å². The van der Waals surface area contributed by atoms with Crippen molar-refractivity contribution in [3.05, 3.63) is 28.7 Å².